The minimum Gasteiger partial charge on any atom is -0.384 e. The van der Waals surface area contributed by atoms with Crippen LogP contribution in [0, 0.1) is 0 Å². The number of anilines is 2. The van der Waals surface area contributed by atoms with E-state index < -0.39 is 10.8 Å². The summed E-state index contributed by atoms with van der Waals surface area (Å²) < 4.78 is 11.4. The molecule has 1 heterocycles. The molecule has 2 aromatic rings. The first kappa shape index (κ1) is 19.3. The lowest BCUT2D eigenvalue weighted by molar-refractivity contribution is 0.244. The number of nitrogen functional groups attached to an aromatic ring is 1. The van der Waals surface area contributed by atoms with Crippen molar-refractivity contribution in [2.45, 2.75) is 43.9 Å². The average Bonchev–Trinajstić information content (AvgIpc) is 2.62. The third-order valence-corrected chi connectivity index (χ3v) is 5.19. The number of rotatable bonds is 5. The Hall–Kier alpha value is -2.48. The van der Waals surface area contributed by atoms with E-state index in [9.17, 15) is 9.00 Å². The summed E-state index contributed by atoms with van der Waals surface area (Å²) in [4.78, 5) is 20.8. The van der Waals surface area contributed by atoms with Gasteiger partial charge in [-0.3, -0.25) is 4.21 Å². The van der Waals surface area contributed by atoms with Crippen molar-refractivity contribution in [3.63, 3.8) is 0 Å². The zero-order valence-corrected chi connectivity index (χ0v) is 16.2. The fourth-order valence-corrected chi connectivity index (χ4v) is 3.80. The molecular formula is C19H25N5O2S. The molecule has 1 aliphatic rings. The van der Waals surface area contributed by atoms with E-state index in [1.165, 1.54) is 19.3 Å². The Kier molecular flexibility index (Phi) is 6.39. The monoisotopic (exact) mass is 387 g/mol. The number of nitrogens with zero attached hydrogens (tertiary/aromatic N) is 2. The molecule has 7 nitrogen and oxygen atoms in total. The van der Waals surface area contributed by atoms with Gasteiger partial charge in [0.15, 0.2) is 5.82 Å². The molecule has 0 aliphatic heterocycles. The van der Waals surface area contributed by atoms with Gasteiger partial charge in [0.05, 0.1) is 11.4 Å². The summed E-state index contributed by atoms with van der Waals surface area (Å²) in [6.45, 7) is 0. The maximum Gasteiger partial charge on any atom is 0.319 e. The molecule has 1 fully saturated rings. The first-order chi connectivity index (χ1) is 13.0. The molecule has 0 bridgehead atoms. The molecule has 1 aliphatic carbocycles. The highest BCUT2D eigenvalue weighted by molar-refractivity contribution is 7.83. The molecule has 1 atom stereocenters. The number of nitrogens with two attached hydrogens (primary N) is 1. The van der Waals surface area contributed by atoms with Crippen molar-refractivity contribution in [2.24, 2.45) is 0 Å². The fourth-order valence-electron chi connectivity index (χ4n) is 3.23. The standard InChI is InChI=1S/C19H25N5O2S/c1-27(26)12-16-11-17(20)24-18(21-16)13-7-9-15(10-8-13)23-19(25)22-14-5-3-2-4-6-14/h7-11,14H,2-6,12H2,1H3,(H2,20,21,24)(H2,22,23,25). The van der Waals surface area contributed by atoms with Crippen LogP contribution in [0.4, 0.5) is 16.3 Å². The lowest BCUT2D eigenvalue weighted by Crippen LogP contribution is -2.38. The van der Waals surface area contributed by atoms with Gasteiger partial charge in [0.2, 0.25) is 0 Å². The van der Waals surface area contributed by atoms with Crippen LogP contribution in [0.2, 0.25) is 0 Å². The van der Waals surface area contributed by atoms with Gasteiger partial charge in [0, 0.05) is 40.4 Å². The van der Waals surface area contributed by atoms with Crippen LogP contribution in [0.3, 0.4) is 0 Å². The number of hydrogen-bond donors (Lipinski definition) is 3. The molecule has 3 rings (SSSR count). The molecule has 4 N–H and O–H groups in total. The molecule has 144 valence electrons. The van der Waals surface area contributed by atoms with Gasteiger partial charge in [-0.05, 0) is 37.1 Å². The molecule has 8 heteroatoms. The number of aromatic nitrogens is 2. The Morgan fingerprint density at radius 3 is 2.56 bits per heavy atom. The third kappa shape index (κ3) is 5.75. The van der Waals surface area contributed by atoms with E-state index in [-0.39, 0.29) is 12.1 Å². The quantitative estimate of drug-likeness (QED) is 0.730. The topological polar surface area (TPSA) is 110 Å². The minimum absolute atomic E-state index is 0.178. The van der Waals surface area contributed by atoms with Crippen LogP contribution in [0.1, 0.15) is 37.8 Å². The summed E-state index contributed by atoms with van der Waals surface area (Å²) in [6.07, 6.45) is 7.31. The highest BCUT2D eigenvalue weighted by Crippen LogP contribution is 2.21. The molecule has 0 radical (unpaired) electrons. The Morgan fingerprint density at radius 2 is 1.89 bits per heavy atom. The molecule has 1 aromatic carbocycles. The second kappa shape index (κ2) is 8.94. The molecule has 1 unspecified atom stereocenters. The lowest BCUT2D eigenvalue weighted by Gasteiger charge is -2.22. The maximum atomic E-state index is 12.1. The van der Waals surface area contributed by atoms with Crippen LogP contribution in [-0.4, -0.2) is 32.5 Å². The molecule has 1 saturated carbocycles. The Morgan fingerprint density at radius 1 is 1.19 bits per heavy atom. The number of hydrogen-bond acceptors (Lipinski definition) is 5. The van der Waals surface area contributed by atoms with Gasteiger partial charge in [0.1, 0.15) is 5.82 Å². The first-order valence-corrected chi connectivity index (χ1v) is 10.8. The number of nitrogens with one attached hydrogen (secondary N) is 2. The molecule has 0 spiro atoms. The van der Waals surface area contributed by atoms with E-state index in [0.29, 0.717) is 28.8 Å². The van der Waals surface area contributed by atoms with Crippen LogP contribution in [-0.2, 0) is 16.6 Å². The molecular weight excluding hydrogens is 362 g/mol. The van der Waals surface area contributed by atoms with Crippen molar-refractivity contribution in [1.29, 1.82) is 0 Å². The van der Waals surface area contributed by atoms with Gasteiger partial charge in [-0.25, -0.2) is 14.8 Å². The first-order valence-electron chi connectivity index (χ1n) is 9.11. The van der Waals surface area contributed by atoms with E-state index in [1.54, 1.807) is 24.5 Å². The number of benzene rings is 1. The van der Waals surface area contributed by atoms with Crippen molar-refractivity contribution >= 4 is 28.3 Å². The van der Waals surface area contributed by atoms with Crippen molar-refractivity contribution < 1.29 is 9.00 Å². The zero-order valence-electron chi connectivity index (χ0n) is 15.4. The van der Waals surface area contributed by atoms with Crippen molar-refractivity contribution in [2.75, 3.05) is 17.3 Å². The summed E-state index contributed by atoms with van der Waals surface area (Å²) in [7, 11) is -1.00. The number of amides is 2. The minimum atomic E-state index is -1.00. The fraction of sp³-hybridized carbons (Fsp3) is 0.421. The number of carbonyl (C=O) groups excluding carboxylic acids is 1. The molecule has 2 amide bonds. The van der Waals surface area contributed by atoms with E-state index in [1.807, 2.05) is 12.1 Å². The lowest BCUT2D eigenvalue weighted by atomic mass is 9.96. The third-order valence-electron chi connectivity index (χ3n) is 4.49. The van der Waals surface area contributed by atoms with E-state index >= 15 is 0 Å². The van der Waals surface area contributed by atoms with Crippen LogP contribution in [0.25, 0.3) is 11.4 Å². The predicted octanol–water partition coefficient (Wildman–Crippen LogP) is 3.06. The highest BCUT2D eigenvalue weighted by Gasteiger charge is 2.15. The van der Waals surface area contributed by atoms with Crippen LogP contribution >= 0.6 is 0 Å². The smallest absolute Gasteiger partial charge is 0.319 e. The normalized spacial score (nSPS) is 15.9. The van der Waals surface area contributed by atoms with E-state index in [2.05, 4.69) is 20.6 Å². The second-order valence-electron chi connectivity index (χ2n) is 6.84. The second-order valence-corrected chi connectivity index (χ2v) is 8.27. The van der Waals surface area contributed by atoms with Gasteiger partial charge < -0.3 is 16.4 Å². The predicted molar refractivity (Wildman–Crippen MR) is 109 cm³/mol. The summed E-state index contributed by atoms with van der Waals surface area (Å²) >= 11 is 0. The molecule has 1 aromatic heterocycles. The van der Waals surface area contributed by atoms with Crippen molar-refractivity contribution in [1.82, 2.24) is 15.3 Å². The summed E-state index contributed by atoms with van der Waals surface area (Å²) in [6, 6.07) is 9.00. The Labute approximate surface area is 161 Å². The van der Waals surface area contributed by atoms with Gasteiger partial charge in [-0.15, -0.1) is 0 Å². The summed E-state index contributed by atoms with van der Waals surface area (Å²) in [5, 5.41) is 5.89. The summed E-state index contributed by atoms with van der Waals surface area (Å²) in [5.74, 6) is 1.16. The highest BCUT2D eigenvalue weighted by atomic mass is 32.2. The number of urea groups is 1. The van der Waals surface area contributed by atoms with Crippen molar-refractivity contribution in [3.8, 4) is 11.4 Å². The number of carbonyl (C=O) groups is 1. The molecule has 0 saturated heterocycles. The van der Waals surface area contributed by atoms with Crippen LogP contribution in [0.5, 0.6) is 0 Å². The summed E-state index contributed by atoms with van der Waals surface area (Å²) in [5.41, 5.74) is 7.97. The van der Waals surface area contributed by atoms with Gasteiger partial charge in [-0.1, -0.05) is 19.3 Å². The van der Waals surface area contributed by atoms with Gasteiger partial charge in [0.25, 0.3) is 0 Å². The largest absolute Gasteiger partial charge is 0.384 e. The Bertz CT molecular complexity index is 819. The van der Waals surface area contributed by atoms with Crippen molar-refractivity contribution in [3.05, 3.63) is 36.0 Å². The SMILES string of the molecule is CS(=O)Cc1cc(N)nc(-c2ccc(NC(=O)NC3CCCCC3)cc2)n1. The average molecular weight is 388 g/mol. The zero-order chi connectivity index (χ0) is 19.2. The molecule has 27 heavy (non-hydrogen) atoms. The van der Waals surface area contributed by atoms with Crippen LogP contribution in [0.15, 0.2) is 30.3 Å². The van der Waals surface area contributed by atoms with Gasteiger partial charge in [-0.2, -0.15) is 0 Å². The van der Waals surface area contributed by atoms with E-state index in [0.717, 1.165) is 18.4 Å². The Balaban J connectivity index is 1.65. The van der Waals surface area contributed by atoms with Crippen LogP contribution < -0.4 is 16.4 Å². The van der Waals surface area contributed by atoms with Gasteiger partial charge >= 0.3 is 6.03 Å². The maximum absolute atomic E-state index is 12.1. The van der Waals surface area contributed by atoms with E-state index in [4.69, 9.17) is 5.73 Å².